The quantitative estimate of drug-likeness (QED) is 0.608. The van der Waals surface area contributed by atoms with Crippen molar-refractivity contribution in [3.05, 3.63) is 63.2 Å². The van der Waals surface area contributed by atoms with E-state index in [0.717, 1.165) is 30.5 Å². The lowest BCUT2D eigenvalue weighted by Crippen LogP contribution is -2.41. The number of anilines is 1. The van der Waals surface area contributed by atoms with Crippen molar-refractivity contribution in [2.24, 2.45) is 0 Å². The first-order chi connectivity index (χ1) is 13.0. The molecular formula is C21H21N3O3. The number of nitrogens with zero attached hydrogens (tertiary/aromatic N) is 3. The molecule has 0 amide bonds. The fourth-order valence-corrected chi connectivity index (χ4v) is 4.83. The van der Waals surface area contributed by atoms with Crippen LogP contribution in [0.1, 0.15) is 29.5 Å². The van der Waals surface area contributed by atoms with Crippen LogP contribution in [0.2, 0.25) is 0 Å². The van der Waals surface area contributed by atoms with Gasteiger partial charge in [0.1, 0.15) is 16.9 Å². The molecule has 6 heteroatoms. The van der Waals surface area contributed by atoms with E-state index < -0.39 is 5.41 Å². The Morgan fingerprint density at radius 2 is 2.15 bits per heavy atom. The van der Waals surface area contributed by atoms with Gasteiger partial charge in [-0.25, -0.2) is 0 Å². The minimum atomic E-state index is -0.821. The maximum Gasteiger partial charge on any atom is 0.299 e. The van der Waals surface area contributed by atoms with Crippen molar-refractivity contribution in [2.45, 2.75) is 37.6 Å². The van der Waals surface area contributed by atoms with Crippen LogP contribution in [0.25, 0.3) is 0 Å². The smallest absolute Gasteiger partial charge is 0.299 e. The van der Waals surface area contributed by atoms with Gasteiger partial charge in [0.05, 0.1) is 29.7 Å². The molecular weight excluding hydrogens is 342 g/mol. The Labute approximate surface area is 158 Å². The molecule has 2 heterocycles. The second kappa shape index (κ2) is 6.27. The minimum absolute atomic E-state index is 0.0529. The van der Waals surface area contributed by atoms with Gasteiger partial charge in [-0.15, -0.1) is 0 Å². The van der Waals surface area contributed by atoms with Crippen molar-refractivity contribution in [3.63, 3.8) is 0 Å². The molecule has 0 aromatic heterocycles. The number of nitro benzene ring substituents is 1. The van der Waals surface area contributed by atoms with Gasteiger partial charge >= 0.3 is 0 Å². The van der Waals surface area contributed by atoms with Gasteiger partial charge in [-0.2, -0.15) is 5.26 Å². The van der Waals surface area contributed by atoms with E-state index in [2.05, 4.69) is 11.0 Å². The average molecular weight is 363 g/mol. The standard InChI is InChI=1S/C21H21N3O3/c1-14-17(27-2)11-16-20(19(14)24(25)26)23-10-6-9-18(23)21(16,13-22)12-15-7-4-3-5-8-15/h3-5,7-8,11,18H,6,9-10,12H2,1-2H3/t18-,21+/m1/s1. The Hall–Kier alpha value is -3.07. The summed E-state index contributed by atoms with van der Waals surface area (Å²) >= 11 is 0. The molecule has 1 fully saturated rings. The SMILES string of the molecule is COc1cc2c(c([N+](=O)[O-])c1C)N1CCC[C@@H]1[C@]2(C#N)Cc1ccccc1. The number of ether oxygens (including phenoxy) is 1. The predicted molar refractivity (Wildman–Crippen MR) is 102 cm³/mol. The van der Waals surface area contributed by atoms with Crippen LogP contribution in [0.4, 0.5) is 11.4 Å². The average Bonchev–Trinajstić information content (AvgIpc) is 3.24. The lowest BCUT2D eigenvalue weighted by atomic mass is 9.72. The summed E-state index contributed by atoms with van der Waals surface area (Å²) in [5, 5.41) is 22.3. The van der Waals surface area contributed by atoms with Crippen LogP contribution in [0, 0.1) is 28.4 Å². The minimum Gasteiger partial charge on any atom is -0.496 e. The molecule has 0 bridgehead atoms. The highest BCUT2D eigenvalue weighted by Gasteiger charge is 2.56. The van der Waals surface area contributed by atoms with Gasteiger partial charge in [-0.3, -0.25) is 10.1 Å². The monoisotopic (exact) mass is 363 g/mol. The molecule has 0 aliphatic carbocycles. The molecule has 0 spiro atoms. The van der Waals surface area contributed by atoms with Crippen molar-refractivity contribution in [3.8, 4) is 11.8 Å². The lowest BCUT2D eigenvalue weighted by Gasteiger charge is -2.30. The molecule has 0 unspecified atom stereocenters. The topological polar surface area (TPSA) is 79.4 Å². The number of methoxy groups -OCH3 is 1. The van der Waals surface area contributed by atoms with E-state index >= 15 is 0 Å². The van der Waals surface area contributed by atoms with E-state index in [1.807, 2.05) is 36.4 Å². The predicted octanol–water partition coefficient (Wildman–Crippen LogP) is 3.90. The fraction of sp³-hybridized carbons (Fsp3) is 0.381. The van der Waals surface area contributed by atoms with Crippen molar-refractivity contribution in [1.29, 1.82) is 5.26 Å². The largest absolute Gasteiger partial charge is 0.496 e. The third-order valence-corrected chi connectivity index (χ3v) is 6.00. The van der Waals surface area contributed by atoms with Crippen molar-refractivity contribution in [1.82, 2.24) is 0 Å². The van der Waals surface area contributed by atoms with E-state index in [1.165, 1.54) is 7.11 Å². The molecule has 2 atom stereocenters. The maximum atomic E-state index is 11.9. The summed E-state index contributed by atoms with van der Waals surface area (Å²) in [7, 11) is 1.51. The highest BCUT2D eigenvalue weighted by atomic mass is 16.6. The first-order valence-corrected chi connectivity index (χ1v) is 9.11. The number of fused-ring (bicyclic) bond motifs is 3. The molecule has 2 aromatic rings. The van der Waals surface area contributed by atoms with Gasteiger partial charge in [-0.1, -0.05) is 30.3 Å². The molecule has 1 saturated heterocycles. The maximum absolute atomic E-state index is 11.9. The Kier molecular flexibility index (Phi) is 4.03. The third-order valence-electron chi connectivity index (χ3n) is 6.00. The molecule has 27 heavy (non-hydrogen) atoms. The van der Waals surface area contributed by atoms with Gasteiger partial charge < -0.3 is 9.64 Å². The number of nitro groups is 1. The van der Waals surface area contributed by atoms with Gasteiger partial charge in [0.15, 0.2) is 0 Å². The summed E-state index contributed by atoms with van der Waals surface area (Å²) in [5.41, 5.74) is 2.16. The normalized spacial score (nSPS) is 22.9. The summed E-state index contributed by atoms with van der Waals surface area (Å²) in [4.78, 5) is 13.7. The Balaban J connectivity index is 2.00. The second-order valence-corrected chi connectivity index (χ2v) is 7.30. The number of rotatable bonds is 4. The van der Waals surface area contributed by atoms with E-state index in [0.29, 0.717) is 23.4 Å². The van der Waals surface area contributed by atoms with Crippen LogP contribution in [0.15, 0.2) is 36.4 Å². The zero-order valence-corrected chi connectivity index (χ0v) is 15.4. The van der Waals surface area contributed by atoms with Crippen molar-refractivity contribution in [2.75, 3.05) is 18.6 Å². The van der Waals surface area contributed by atoms with Gasteiger partial charge in [-0.05, 0) is 37.8 Å². The lowest BCUT2D eigenvalue weighted by molar-refractivity contribution is -0.384. The van der Waals surface area contributed by atoms with E-state index in [9.17, 15) is 15.4 Å². The summed E-state index contributed by atoms with van der Waals surface area (Å²) in [6.07, 6.45) is 2.32. The molecule has 2 aliphatic heterocycles. The van der Waals surface area contributed by atoms with Crippen LogP contribution in [-0.2, 0) is 11.8 Å². The molecule has 138 valence electrons. The van der Waals surface area contributed by atoms with Crippen molar-refractivity contribution < 1.29 is 9.66 Å². The van der Waals surface area contributed by atoms with Crippen LogP contribution < -0.4 is 9.64 Å². The molecule has 2 aromatic carbocycles. The fourth-order valence-electron chi connectivity index (χ4n) is 4.83. The number of benzene rings is 2. The van der Waals surface area contributed by atoms with Crippen LogP contribution >= 0.6 is 0 Å². The molecule has 0 radical (unpaired) electrons. The van der Waals surface area contributed by atoms with Gasteiger partial charge in [0.2, 0.25) is 0 Å². The summed E-state index contributed by atoms with van der Waals surface area (Å²) in [6, 6.07) is 14.3. The highest BCUT2D eigenvalue weighted by Crippen LogP contribution is 2.56. The Morgan fingerprint density at radius 3 is 2.78 bits per heavy atom. The second-order valence-electron chi connectivity index (χ2n) is 7.30. The summed E-state index contributed by atoms with van der Waals surface area (Å²) in [5.74, 6) is 0.467. The van der Waals surface area contributed by atoms with E-state index in [1.54, 1.807) is 6.92 Å². The first kappa shape index (κ1) is 17.3. The molecule has 4 rings (SSSR count). The summed E-state index contributed by atoms with van der Waals surface area (Å²) < 4.78 is 5.44. The molecule has 6 nitrogen and oxygen atoms in total. The molecule has 0 saturated carbocycles. The molecule has 2 aliphatic rings. The Morgan fingerprint density at radius 1 is 1.41 bits per heavy atom. The van der Waals surface area contributed by atoms with Crippen LogP contribution in [-0.4, -0.2) is 24.6 Å². The highest BCUT2D eigenvalue weighted by molar-refractivity contribution is 5.81. The van der Waals surface area contributed by atoms with E-state index in [-0.39, 0.29) is 16.7 Å². The number of hydrogen-bond donors (Lipinski definition) is 0. The van der Waals surface area contributed by atoms with Crippen LogP contribution in [0.5, 0.6) is 5.75 Å². The van der Waals surface area contributed by atoms with Crippen LogP contribution in [0.3, 0.4) is 0 Å². The summed E-state index contributed by atoms with van der Waals surface area (Å²) in [6.45, 7) is 2.45. The number of hydrogen-bond acceptors (Lipinski definition) is 5. The molecule has 0 N–H and O–H groups in total. The number of nitriles is 1. The zero-order chi connectivity index (χ0) is 19.2. The van der Waals surface area contributed by atoms with Gasteiger partial charge in [0, 0.05) is 12.1 Å². The zero-order valence-electron chi connectivity index (χ0n) is 15.4. The third kappa shape index (κ3) is 2.38. The Bertz CT molecular complexity index is 951. The first-order valence-electron chi connectivity index (χ1n) is 9.11. The van der Waals surface area contributed by atoms with E-state index in [4.69, 9.17) is 4.74 Å². The van der Waals surface area contributed by atoms with Crippen molar-refractivity contribution >= 4 is 11.4 Å². The van der Waals surface area contributed by atoms with Gasteiger partial charge in [0.25, 0.3) is 5.69 Å².